The molecule has 22 heavy (non-hydrogen) atoms. The minimum Gasteiger partial charge on any atom is -0.366 e. The van der Waals surface area contributed by atoms with Crippen molar-refractivity contribution in [3.05, 3.63) is 69.2 Å². The highest BCUT2D eigenvalue weighted by Gasteiger charge is 2.15. The Morgan fingerprint density at radius 1 is 1.14 bits per heavy atom. The van der Waals surface area contributed by atoms with Crippen LogP contribution in [0.1, 0.15) is 39.2 Å². The van der Waals surface area contributed by atoms with Gasteiger partial charge in [-0.15, -0.1) is 0 Å². The molecule has 0 radical (unpaired) electrons. The molecule has 6 heteroatoms. The molecule has 0 bridgehead atoms. The van der Waals surface area contributed by atoms with Crippen molar-refractivity contribution in [1.82, 2.24) is 5.32 Å². The molecular weight excluding hydrogens is 323 g/mol. The number of carbonyl (C=O) groups is 2. The molecule has 1 unspecified atom stereocenters. The van der Waals surface area contributed by atoms with Gasteiger partial charge in [0.15, 0.2) is 0 Å². The lowest BCUT2D eigenvalue weighted by molar-refractivity contribution is 0.0940. The zero-order valence-corrected chi connectivity index (χ0v) is 13.3. The maximum Gasteiger partial charge on any atom is 0.251 e. The number of benzene rings is 2. The quantitative estimate of drug-likeness (QED) is 0.895. The third-order valence-corrected chi connectivity index (χ3v) is 3.75. The molecular formula is C16H14Cl2N2O2. The van der Waals surface area contributed by atoms with Gasteiger partial charge in [0.25, 0.3) is 5.91 Å². The van der Waals surface area contributed by atoms with Crippen molar-refractivity contribution in [2.75, 3.05) is 0 Å². The van der Waals surface area contributed by atoms with E-state index in [1.807, 2.05) is 19.1 Å². The third kappa shape index (κ3) is 3.78. The van der Waals surface area contributed by atoms with E-state index in [1.54, 1.807) is 12.1 Å². The van der Waals surface area contributed by atoms with Crippen LogP contribution in [0, 0.1) is 0 Å². The predicted octanol–water partition coefficient (Wildman–Crippen LogP) is 3.58. The number of hydrogen-bond acceptors (Lipinski definition) is 2. The number of nitrogens with two attached hydrogens (primary N) is 1. The summed E-state index contributed by atoms with van der Waals surface area (Å²) < 4.78 is 0. The largest absolute Gasteiger partial charge is 0.366 e. The molecule has 0 saturated heterocycles. The average molecular weight is 337 g/mol. The Hall–Kier alpha value is -2.04. The lowest BCUT2D eigenvalue weighted by Gasteiger charge is -2.15. The van der Waals surface area contributed by atoms with E-state index < -0.39 is 5.91 Å². The number of carbonyl (C=O) groups excluding carboxylic acids is 2. The van der Waals surface area contributed by atoms with Crippen molar-refractivity contribution in [3.63, 3.8) is 0 Å². The van der Waals surface area contributed by atoms with Crippen LogP contribution in [0.3, 0.4) is 0 Å². The zero-order valence-electron chi connectivity index (χ0n) is 11.8. The lowest BCUT2D eigenvalue weighted by atomic mass is 10.1. The summed E-state index contributed by atoms with van der Waals surface area (Å²) >= 11 is 11.8. The molecule has 3 N–H and O–H groups in total. The Morgan fingerprint density at radius 2 is 1.86 bits per heavy atom. The molecule has 2 aromatic carbocycles. The highest BCUT2D eigenvalue weighted by Crippen LogP contribution is 2.20. The van der Waals surface area contributed by atoms with Crippen LogP contribution in [0.25, 0.3) is 0 Å². The Balaban J connectivity index is 2.19. The van der Waals surface area contributed by atoms with E-state index >= 15 is 0 Å². The Labute approximate surface area is 138 Å². The van der Waals surface area contributed by atoms with E-state index in [-0.39, 0.29) is 22.5 Å². The van der Waals surface area contributed by atoms with Gasteiger partial charge in [0.05, 0.1) is 16.6 Å². The van der Waals surface area contributed by atoms with Gasteiger partial charge in [0, 0.05) is 10.6 Å². The van der Waals surface area contributed by atoms with Crippen LogP contribution in [0.2, 0.25) is 10.0 Å². The van der Waals surface area contributed by atoms with Gasteiger partial charge in [0.2, 0.25) is 5.91 Å². The van der Waals surface area contributed by atoms with Crippen molar-refractivity contribution in [3.8, 4) is 0 Å². The number of hydrogen-bond donors (Lipinski definition) is 2. The minimum atomic E-state index is -0.678. The van der Waals surface area contributed by atoms with Gasteiger partial charge >= 0.3 is 0 Å². The second-order valence-corrected chi connectivity index (χ2v) is 5.65. The molecule has 0 heterocycles. The average Bonchev–Trinajstić information content (AvgIpc) is 2.47. The summed E-state index contributed by atoms with van der Waals surface area (Å²) in [6.45, 7) is 1.84. The van der Waals surface area contributed by atoms with E-state index in [9.17, 15) is 9.59 Å². The van der Waals surface area contributed by atoms with Gasteiger partial charge in [-0.25, -0.2) is 0 Å². The zero-order chi connectivity index (χ0) is 16.3. The smallest absolute Gasteiger partial charge is 0.251 e. The molecule has 2 amide bonds. The van der Waals surface area contributed by atoms with Gasteiger partial charge < -0.3 is 11.1 Å². The maximum absolute atomic E-state index is 12.3. The highest BCUT2D eigenvalue weighted by atomic mass is 35.5. The first-order valence-corrected chi connectivity index (χ1v) is 7.29. The van der Waals surface area contributed by atoms with Gasteiger partial charge in [-0.2, -0.15) is 0 Å². The van der Waals surface area contributed by atoms with E-state index in [2.05, 4.69) is 5.32 Å². The fraction of sp³-hybridized carbons (Fsp3) is 0.125. The molecule has 2 aromatic rings. The van der Waals surface area contributed by atoms with Crippen molar-refractivity contribution < 1.29 is 9.59 Å². The molecule has 0 saturated carbocycles. The minimum absolute atomic E-state index is 0.115. The molecule has 2 rings (SSSR count). The fourth-order valence-corrected chi connectivity index (χ4v) is 2.40. The summed E-state index contributed by atoms with van der Waals surface area (Å²) in [5.74, 6) is -1.01. The van der Waals surface area contributed by atoms with Gasteiger partial charge in [-0.05, 0) is 42.8 Å². The van der Waals surface area contributed by atoms with E-state index in [0.717, 1.165) is 5.56 Å². The van der Waals surface area contributed by atoms with Gasteiger partial charge in [-0.1, -0.05) is 35.3 Å². The number of nitrogens with one attached hydrogen (secondary N) is 1. The first kappa shape index (κ1) is 16.3. The first-order valence-electron chi connectivity index (χ1n) is 6.54. The van der Waals surface area contributed by atoms with Crippen LogP contribution in [0.15, 0.2) is 42.5 Å². The lowest BCUT2D eigenvalue weighted by Crippen LogP contribution is -2.27. The van der Waals surface area contributed by atoms with E-state index in [4.69, 9.17) is 28.9 Å². The van der Waals surface area contributed by atoms with Crippen molar-refractivity contribution in [2.24, 2.45) is 5.73 Å². The second kappa shape index (κ2) is 6.81. The number of primary amides is 1. The topological polar surface area (TPSA) is 72.2 Å². The van der Waals surface area contributed by atoms with Crippen LogP contribution < -0.4 is 11.1 Å². The third-order valence-electron chi connectivity index (χ3n) is 3.19. The molecule has 0 spiro atoms. The second-order valence-electron chi connectivity index (χ2n) is 4.81. The molecule has 0 aliphatic rings. The van der Waals surface area contributed by atoms with Crippen LogP contribution in [0.5, 0.6) is 0 Å². The van der Waals surface area contributed by atoms with Crippen LogP contribution in [0.4, 0.5) is 0 Å². The molecule has 4 nitrogen and oxygen atoms in total. The fourth-order valence-electron chi connectivity index (χ4n) is 1.99. The van der Waals surface area contributed by atoms with E-state index in [1.165, 1.54) is 18.2 Å². The molecule has 0 fully saturated rings. The van der Waals surface area contributed by atoms with Gasteiger partial charge in [0.1, 0.15) is 0 Å². The number of rotatable bonds is 4. The standard InChI is InChI=1S/C16H14Cl2N2O2/c1-9(10-3-2-4-12(17)7-10)20-16(22)11-5-6-14(18)13(8-11)15(19)21/h2-9H,1H3,(H2,19,21)(H,20,22). The van der Waals surface area contributed by atoms with Gasteiger partial charge in [-0.3, -0.25) is 9.59 Å². The van der Waals surface area contributed by atoms with Crippen molar-refractivity contribution >= 4 is 35.0 Å². The molecule has 0 aromatic heterocycles. The molecule has 114 valence electrons. The number of amides is 2. The van der Waals surface area contributed by atoms with Crippen LogP contribution >= 0.6 is 23.2 Å². The summed E-state index contributed by atoms with van der Waals surface area (Å²) in [5, 5.41) is 3.65. The Morgan fingerprint density at radius 3 is 2.50 bits per heavy atom. The summed E-state index contributed by atoms with van der Waals surface area (Å²) in [7, 11) is 0. The number of halogens is 2. The van der Waals surface area contributed by atoms with E-state index in [0.29, 0.717) is 10.6 Å². The normalized spacial score (nSPS) is 11.8. The summed E-state index contributed by atoms with van der Waals surface area (Å²) in [5.41, 5.74) is 6.53. The highest BCUT2D eigenvalue weighted by molar-refractivity contribution is 6.34. The summed E-state index contributed by atoms with van der Waals surface area (Å²) in [6, 6.07) is 11.4. The van der Waals surface area contributed by atoms with Crippen molar-refractivity contribution in [2.45, 2.75) is 13.0 Å². The van der Waals surface area contributed by atoms with Crippen LogP contribution in [-0.4, -0.2) is 11.8 Å². The first-order chi connectivity index (χ1) is 10.4. The van der Waals surface area contributed by atoms with Crippen LogP contribution in [-0.2, 0) is 0 Å². The summed E-state index contributed by atoms with van der Waals surface area (Å²) in [6.07, 6.45) is 0. The molecule has 0 aliphatic carbocycles. The molecule has 1 atom stereocenters. The molecule has 0 aliphatic heterocycles. The SMILES string of the molecule is CC(NC(=O)c1ccc(Cl)c(C(N)=O)c1)c1cccc(Cl)c1. The maximum atomic E-state index is 12.3. The predicted molar refractivity (Wildman–Crippen MR) is 87.3 cm³/mol. The Bertz CT molecular complexity index is 732. The Kier molecular flexibility index (Phi) is 5.06. The summed E-state index contributed by atoms with van der Waals surface area (Å²) in [4.78, 5) is 23.5. The monoisotopic (exact) mass is 336 g/mol. The van der Waals surface area contributed by atoms with Crippen molar-refractivity contribution in [1.29, 1.82) is 0 Å².